The maximum atomic E-state index is 13.1. The number of Topliss-reactive ketones (excluding diaryl/α,β-unsaturated/α-hetero) is 1. The first kappa shape index (κ1) is 22.9. The van der Waals surface area contributed by atoms with E-state index in [1.165, 1.54) is 22.3 Å². The van der Waals surface area contributed by atoms with Crippen LogP contribution in [-0.4, -0.2) is 34.4 Å². The average molecular weight is 501 g/mol. The molecule has 4 rings (SSSR count). The van der Waals surface area contributed by atoms with Crippen LogP contribution >= 0.6 is 34.3 Å². The number of aromatic nitrogens is 1. The standard InChI is InChI=1S/C23H17ClN2O5S2/c1-3-10-31-22(30)20-12(2)25-23(33-20)26-17(15-5-4-11-32-15)16(19(28)21(26)29)18(27)13-6-8-14(24)9-7-13/h3-9,11,17,27H,1,10H2,2H3/b18-16+. The molecule has 0 spiro atoms. The number of thiophene rings is 1. The SMILES string of the molecule is C=CCOC(=O)c1sc(N2C(=O)C(=O)/C(=C(/O)c3ccc(Cl)cc3)C2c2cccs2)nc1C. The molecule has 0 radical (unpaired) electrons. The lowest BCUT2D eigenvalue weighted by molar-refractivity contribution is -0.132. The van der Waals surface area contributed by atoms with Crippen molar-refractivity contribution in [3.63, 3.8) is 0 Å². The van der Waals surface area contributed by atoms with Gasteiger partial charge in [-0.1, -0.05) is 41.7 Å². The van der Waals surface area contributed by atoms with Crippen molar-refractivity contribution in [3.8, 4) is 0 Å². The molecule has 33 heavy (non-hydrogen) atoms. The number of aliphatic hydroxyl groups is 1. The van der Waals surface area contributed by atoms with Crippen molar-refractivity contribution in [2.24, 2.45) is 0 Å². The lowest BCUT2D eigenvalue weighted by Crippen LogP contribution is -2.29. The van der Waals surface area contributed by atoms with Gasteiger partial charge in [-0.05, 0) is 42.6 Å². The first-order valence-electron chi connectivity index (χ1n) is 9.69. The molecule has 1 aromatic carbocycles. The molecule has 1 unspecified atom stereocenters. The number of carbonyl (C=O) groups excluding carboxylic acids is 3. The second-order valence-electron chi connectivity index (χ2n) is 6.99. The van der Waals surface area contributed by atoms with Gasteiger partial charge in [0, 0.05) is 15.5 Å². The third-order valence-electron chi connectivity index (χ3n) is 4.88. The van der Waals surface area contributed by atoms with E-state index in [1.807, 2.05) is 5.38 Å². The maximum Gasteiger partial charge on any atom is 0.350 e. The highest BCUT2D eigenvalue weighted by atomic mass is 35.5. The fraction of sp³-hybridized carbons (Fsp3) is 0.130. The Morgan fingerprint density at radius 2 is 2.03 bits per heavy atom. The first-order chi connectivity index (χ1) is 15.8. The number of anilines is 1. The van der Waals surface area contributed by atoms with Crippen molar-refractivity contribution in [1.29, 1.82) is 0 Å². The van der Waals surface area contributed by atoms with Crippen LogP contribution in [0.4, 0.5) is 5.13 Å². The lowest BCUT2D eigenvalue weighted by atomic mass is 10.00. The molecule has 1 aliphatic heterocycles. The van der Waals surface area contributed by atoms with Gasteiger partial charge in [-0.3, -0.25) is 14.5 Å². The summed E-state index contributed by atoms with van der Waals surface area (Å²) in [6, 6.07) is 8.95. The summed E-state index contributed by atoms with van der Waals surface area (Å²) in [5, 5.41) is 13.5. The molecule has 168 valence electrons. The van der Waals surface area contributed by atoms with E-state index < -0.39 is 23.7 Å². The van der Waals surface area contributed by atoms with Crippen molar-refractivity contribution in [1.82, 2.24) is 4.98 Å². The van der Waals surface area contributed by atoms with Crippen LogP contribution in [0.15, 0.2) is 60.0 Å². The largest absolute Gasteiger partial charge is 0.507 e. The molecule has 1 N–H and O–H groups in total. The quantitative estimate of drug-likeness (QED) is 0.165. The highest BCUT2D eigenvalue weighted by Crippen LogP contribution is 2.45. The molecule has 1 saturated heterocycles. The monoisotopic (exact) mass is 500 g/mol. The molecule has 7 nitrogen and oxygen atoms in total. The lowest BCUT2D eigenvalue weighted by Gasteiger charge is -2.21. The van der Waals surface area contributed by atoms with Crippen LogP contribution in [0.5, 0.6) is 0 Å². The van der Waals surface area contributed by atoms with E-state index in [9.17, 15) is 19.5 Å². The Morgan fingerprint density at radius 1 is 1.30 bits per heavy atom. The van der Waals surface area contributed by atoms with E-state index >= 15 is 0 Å². The Morgan fingerprint density at radius 3 is 2.67 bits per heavy atom. The molecular formula is C23H17ClN2O5S2. The number of hydrogen-bond acceptors (Lipinski definition) is 8. The summed E-state index contributed by atoms with van der Waals surface area (Å²) in [4.78, 5) is 45.1. The van der Waals surface area contributed by atoms with Crippen molar-refractivity contribution >= 4 is 62.8 Å². The zero-order chi connectivity index (χ0) is 23.7. The second-order valence-corrected chi connectivity index (χ2v) is 9.38. The van der Waals surface area contributed by atoms with Crippen LogP contribution < -0.4 is 4.90 Å². The summed E-state index contributed by atoms with van der Waals surface area (Å²) in [7, 11) is 0. The number of hydrogen-bond donors (Lipinski definition) is 1. The Kier molecular flexibility index (Phi) is 6.46. The van der Waals surface area contributed by atoms with Crippen LogP contribution in [0, 0.1) is 6.92 Å². The number of benzene rings is 1. The Hall–Kier alpha value is -3.27. The number of carbonyl (C=O) groups is 3. The summed E-state index contributed by atoms with van der Waals surface area (Å²) in [5.74, 6) is -2.60. The van der Waals surface area contributed by atoms with Gasteiger partial charge in [0.25, 0.3) is 5.78 Å². The van der Waals surface area contributed by atoms with Crippen LogP contribution in [0.25, 0.3) is 5.76 Å². The van der Waals surface area contributed by atoms with Gasteiger partial charge < -0.3 is 9.84 Å². The second kappa shape index (κ2) is 9.30. The van der Waals surface area contributed by atoms with Crippen LogP contribution in [0.1, 0.15) is 31.8 Å². The molecule has 1 fully saturated rings. The Labute approximate surface area is 202 Å². The molecule has 1 amide bonds. The van der Waals surface area contributed by atoms with Crippen molar-refractivity contribution < 1.29 is 24.2 Å². The van der Waals surface area contributed by atoms with E-state index in [1.54, 1.807) is 43.3 Å². The van der Waals surface area contributed by atoms with Gasteiger partial charge in [0.15, 0.2) is 5.13 Å². The van der Waals surface area contributed by atoms with Gasteiger partial charge in [0.2, 0.25) is 0 Å². The number of thiazole rings is 1. The first-order valence-corrected chi connectivity index (χ1v) is 11.8. The van der Waals surface area contributed by atoms with Gasteiger partial charge >= 0.3 is 11.9 Å². The number of esters is 1. The number of amides is 1. The number of ether oxygens (including phenoxy) is 1. The van der Waals surface area contributed by atoms with Gasteiger partial charge in [-0.25, -0.2) is 9.78 Å². The van der Waals surface area contributed by atoms with Gasteiger partial charge in [-0.2, -0.15) is 0 Å². The van der Waals surface area contributed by atoms with Gasteiger partial charge in [0.05, 0.1) is 11.3 Å². The molecule has 1 aliphatic rings. The minimum absolute atomic E-state index is 0.0340. The van der Waals surface area contributed by atoms with Crippen LogP contribution in [-0.2, 0) is 14.3 Å². The minimum atomic E-state index is -0.900. The highest BCUT2D eigenvalue weighted by molar-refractivity contribution is 7.18. The number of halogens is 1. The molecule has 0 saturated carbocycles. The third kappa shape index (κ3) is 4.22. The molecule has 3 aromatic rings. The zero-order valence-electron chi connectivity index (χ0n) is 17.3. The number of aliphatic hydroxyl groups excluding tert-OH is 1. The van der Waals surface area contributed by atoms with Crippen LogP contribution in [0.3, 0.4) is 0 Å². The third-order valence-corrected chi connectivity index (χ3v) is 7.20. The average Bonchev–Trinajstić information content (AvgIpc) is 3.51. The predicted octanol–water partition coefficient (Wildman–Crippen LogP) is 5.14. The predicted molar refractivity (Wildman–Crippen MR) is 128 cm³/mol. The molecular weight excluding hydrogens is 484 g/mol. The molecule has 0 aliphatic carbocycles. The van der Waals surface area contributed by atoms with E-state index in [2.05, 4.69) is 11.6 Å². The summed E-state index contributed by atoms with van der Waals surface area (Å²) >= 11 is 8.22. The summed E-state index contributed by atoms with van der Waals surface area (Å²) < 4.78 is 5.09. The maximum absolute atomic E-state index is 13.1. The van der Waals surface area contributed by atoms with Crippen molar-refractivity contribution in [2.75, 3.05) is 11.5 Å². The Balaban J connectivity index is 1.84. The zero-order valence-corrected chi connectivity index (χ0v) is 19.7. The Bertz CT molecular complexity index is 1280. The number of aryl methyl sites for hydroxylation is 1. The van der Waals surface area contributed by atoms with Crippen molar-refractivity contribution in [2.45, 2.75) is 13.0 Å². The van der Waals surface area contributed by atoms with Gasteiger partial charge in [0.1, 0.15) is 23.3 Å². The fourth-order valence-electron chi connectivity index (χ4n) is 3.38. The molecule has 2 aromatic heterocycles. The molecule has 10 heteroatoms. The highest BCUT2D eigenvalue weighted by Gasteiger charge is 2.48. The molecule has 1 atom stereocenters. The summed E-state index contributed by atoms with van der Waals surface area (Å²) in [6.45, 7) is 5.17. The van der Waals surface area contributed by atoms with E-state index in [0.717, 1.165) is 11.3 Å². The molecule has 0 bridgehead atoms. The smallest absolute Gasteiger partial charge is 0.350 e. The topological polar surface area (TPSA) is 96.8 Å². The number of rotatable bonds is 6. The van der Waals surface area contributed by atoms with Crippen molar-refractivity contribution in [3.05, 3.63) is 86.0 Å². The minimum Gasteiger partial charge on any atom is -0.507 e. The fourth-order valence-corrected chi connectivity index (χ4v) is 5.32. The van der Waals surface area contributed by atoms with E-state index in [0.29, 0.717) is 21.2 Å². The summed E-state index contributed by atoms with van der Waals surface area (Å²) in [6.07, 6.45) is 1.45. The number of nitrogens with zero attached hydrogens (tertiary/aromatic N) is 2. The van der Waals surface area contributed by atoms with Gasteiger partial charge in [-0.15, -0.1) is 11.3 Å². The number of ketones is 1. The van der Waals surface area contributed by atoms with E-state index in [-0.39, 0.29) is 27.9 Å². The normalized spacial score (nSPS) is 17.4. The van der Waals surface area contributed by atoms with Crippen LogP contribution in [0.2, 0.25) is 5.02 Å². The molecule has 3 heterocycles. The summed E-state index contributed by atoms with van der Waals surface area (Å²) in [5.41, 5.74) is 0.657. The van der Waals surface area contributed by atoms with E-state index in [4.69, 9.17) is 16.3 Å².